The number of aliphatic hydroxyl groups excluding tert-OH is 1. The third kappa shape index (κ3) is 3.69. The summed E-state index contributed by atoms with van der Waals surface area (Å²) in [4.78, 5) is 4.32. The number of pyridine rings is 1. The highest BCUT2D eigenvalue weighted by Crippen LogP contribution is 2.18. The van der Waals surface area contributed by atoms with Gasteiger partial charge in [-0.2, -0.15) is 5.26 Å². The molecule has 0 amide bonds. The Balaban J connectivity index is 2.91. The molecule has 1 heterocycles. The predicted molar refractivity (Wildman–Crippen MR) is 69.4 cm³/mol. The fourth-order valence-corrected chi connectivity index (χ4v) is 1.74. The van der Waals surface area contributed by atoms with Crippen LogP contribution < -0.4 is 5.32 Å². The average Bonchev–Trinajstić information content (AvgIpc) is 2.33. The van der Waals surface area contributed by atoms with E-state index in [1.165, 1.54) is 0 Å². The predicted octanol–water partition coefficient (Wildman–Crippen LogP) is 1.38. The van der Waals surface area contributed by atoms with Crippen LogP contribution >= 0.6 is 0 Å². The molecule has 0 spiro atoms. The molecule has 0 aliphatic carbocycles. The molecule has 1 unspecified atom stereocenters. The van der Waals surface area contributed by atoms with Crippen LogP contribution in [0.4, 0.5) is 5.82 Å². The lowest BCUT2D eigenvalue weighted by molar-refractivity contribution is 0.174. The lowest BCUT2D eigenvalue weighted by Gasteiger charge is -2.18. The number of rotatable bonds is 6. The van der Waals surface area contributed by atoms with Crippen molar-refractivity contribution < 1.29 is 9.84 Å². The monoisotopic (exact) mass is 249 g/mol. The number of nitrogens with zero attached hydrogens (tertiary/aromatic N) is 2. The second-order valence-electron chi connectivity index (χ2n) is 4.22. The molecule has 0 radical (unpaired) electrons. The van der Waals surface area contributed by atoms with Crippen LogP contribution in [0.2, 0.25) is 0 Å². The van der Waals surface area contributed by atoms with Crippen LogP contribution in [-0.2, 0) is 4.74 Å². The first kappa shape index (κ1) is 14.4. The molecule has 2 N–H and O–H groups in total. The van der Waals surface area contributed by atoms with E-state index in [2.05, 4.69) is 16.4 Å². The summed E-state index contributed by atoms with van der Waals surface area (Å²) < 4.78 is 4.98. The van der Waals surface area contributed by atoms with E-state index in [-0.39, 0.29) is 12.6 Å². The Kier molecular flexibility index (Phi) is 5.56. The number of aromatic nitrogens is 1. The summed E-state index contributed by atoms with van der Waals surface area (Å²) in [7, 11) is 1.62. The third-order valence-corrected chi connectivity index (χ3v) is 2.69. The van der Waals surface area contributed by atoms with Crippen LogP contribution in [0.25, 0.3) is 0 Å². The van der Waals surface area contributed by atoms with Crippen LogP contribution in [0.5, 0.6) is 0 Å². The zero-order valence-electron chi connectivity index (χ0n) is 11.0. The van der Waals surface area contributed by atoms with E-state index in [0.29, 0.717) is 24.4 Å². The van der Waals surface area contributed by atoms with Gasteiger partial charge in [0.05, 0.1) is 18.2 Å². The molecule has 0 fully saturated rings. The van der Waals surface area contributed by atoms with Crippen molar-refractivity contribution in [2.24, 2.45) is 0 Å². The normalized spacial score (nSPS) is 11.9. The molecule has 0 saturated carbocycles. The molecular weight excluding hydrogens is 230 g/mol. The zero-order chi connectivity index (χ0) is 13.5. The van der Waals surface area contributed by atoms with Crippen LogP contribution in [0.15, 0.2) is 6.07 Å². The fraction of sp³-hybridized carbons (Fsp3) is 0.538. The van der Waals surface area contributed by atoms with Gasteiger partial charge in [-0.15, -0.1) is 0 Å². The minimum atomic E-state index is -0.161. The lowest BCUT2D eigenvalue weighted by Crippen LogP contribution is -2.26. The maximum absolute atomic E-state index is 9.29. The second kappa shape index (κ2) is 6.94. The number of anilines is 1. The Morgan fingerprint density at radius 1 is 1.56 bits per heavy atom. The summed E-state index contributed by atoms with van der Waals surface area (Å²) >= 11 is 0. The van der Waals surface area contributed by atoms with Gasteiger partial charge in [0, 0.05) is 19.4 Å². The van der Waals surface area contributed by atoms with Crippen LogP contribution in [0.1, 0.15) is 23.2 Å². The van der Waals surface area contributed by atoms with Crippen molar-refractivity contribution >= 4 is 5.82 Å². The van der Waals surface area contributed by atoms with Gasteiger partial charge in [-0.05, 0) is 31.9 Å². The number of nitriles is 1. The van der Waals surface area contributed by atoms with Crippen molar-refractivity contribution in [2.75, 3.05) is 25.6 Å². The van der Waals surface area contributed by atoms with Gasteiger partial charge in [0.25, 0.3) is 0 Å². The van der Waals surface area contributed by atoms with Gasteiger partial charge >= 0.3 is 0 Å². The van der Waals surface area contributed by atoms with E-state index in [9.17, 15) is 5.11 Å². The van der Waals surface area contributed by atoms with E-state index in [4.69, 9.17) is 10.00 Å². The van der Waals surface area contributed by atoms with E-state index in [1.54, 1.807) is 7.11 Å². The summed E-state index contributed by atoms with van der Waals surface area (Å²) in [6.07, 6.45) is 0.659. The zero-order valence-corrected chi connectivity index (χ0v) is 11.0. The minimum Gasteiger partial charge on any atom is -0.394 e. The summed E-state index contributed by atoms with van der Waals surface area (Å²) in [6, 6.07) is 3.85. The fourth-order valence-electron chi connectivity index (χ4n) is 1.74. The second-order valence-corrected chi connectivity index (χ2v) is 4.22. The highest BCUT2D eigenvalue weighted by Gasteiger charge is 2.13. The first-order chi connectivity index (χ1) is 8.62. The standard InChI is InChI=1S/C13H19N3O2/c1-9-6-10(2)15-13(12(9)7-14)16-11(8-17)4-5-18-3/h6,11,17H,4-5,8H2,1-3H3,(H,15,16). The van der Waals surface area contributed by atoms with Crippen molar-refractivity contribution in [2.45, 2.75) is 26.3 Å². The van der Waals surface area contributed by atoms with Gasteiger partial charge in [0.15, 0.2) is 0 Å². The molecule has 1 atom stereocenters. The largest absolute Gasteiger partial charge is 0.394 e. The van der Waals surface area contributed by atoms with E-state index >= 15 is 0 Å². The van der Waals surface area contributed by atoms with E-state index in [1.807, 2.05) is 19.9 Å². The SMILES string of the molecule is COCCC(CO)Nc1nc(C)cc(C)c1C#N. The van der Waals surface area contributed by atoms with Crippen molar-refractivity contribution in [3.63, 3.8) is 0 Å². The van der Waals surface area contributed by atoms with Gasteiger partial charge in [-0.3, -0.25) is 0 Å². The Morgan fingerprint density at radius 3 is 2.83 bits per heavy atom. The molecule has 0 aromatic carbocycles. The van der Waals surface area contributed by atoms with Gasteiger partial charge in [0.1, 0.15) is 11.9 Å². The molecule has 0 aliphatic rings. The quantitative estimate of drug-likeness (QED) is 0.796. The number of nitrogens with one attached hydrogen (secondary N) is 1. The minimum absolute atomic E-state index is 0.0249. The number of methoxy groups -OCH3 is 1. The number of hydrogen-bond donors (Lipinski definition) is 2. The van der Waals surface area contributed by atoms with E-state index < -0.39 is 0 Å². The highest BCUT2D eigenvalue weighted by molar-refractivity contribution is 5.56. The van der Waals surface area contributed by atoms with Crippen LogP contribution in [0, 0.1) is 25.2 Å². The van der Waals surface area contributed by atoms with Crippen molar-refractivity contribution in [3.05, 3.63) is 22.9 Å². The average molecular weight is 249 g/mol. The van der Waals surface area contributed by atoms with Gasteiger partial charge in [-0.25, -0.2) is 4.98 Å². The van der Waals surface area contributed by atoms with Crippen molar-refractivity contribution in [3.8, 4) is 6.07 Å². The maximum Gasteiger partial charge on any atom is 0.144 e. The van der Waals surface area contributed by atoms with Crippen LogP contribution in [0.3, 0.4) is 0 Å². The smallest absolute Gasteiger partial charge is 0.144 e. The highest BCUT2D eigenvalue weighted by atomic mass is 16.5. The van der Waals surface area contributed by atoms with Crippen molar-refractivity contribution in [1.29, 1.82) is 5.26 Å². The Morgan fingerprint density at radius 2 is 2.28 bits per heavy atom. The molecule has 0 saturated heterocycles. The van der Waals surface area contributed by atoms with Crippen LogP contribution in [-0.4, -0.2) is 36.5 Å². The van der Waals surface area contributed by atoms with Gasteiger partial charge in [0.2, 0.25) is 0 Å². The van der Waals surface area contributed by atoms with E-state index in [0.717, 1.165) is 11.3 Å². The lowest BCUT2D eigenvalue weighted by atomic mass is 10.1. The molecule has 1 aromatic heterocycles. The topological polar surface area (TPSA) is 78.2 Å². The van der Waals surface area contributed by atoms with Crippen molar-refractivity contribution in [1.82, 2.24) is 4.98 Å². The molecule has 1 rings (SSSR count). The summed E-state index contributed by atoms with van der Waals surface area (Å²) in [5.41, 5.74) is 2.25. The van der Waals surface area contributed by atoms with Gasteiger partial charge < -0.3 is 15.2 Å². The first-order valence-corrected chi connectivity index (χ1v) is 5.87. The summed E-state index contributed by atoms with van der Waals surface area (Å²) in [5.74, 6) is 0.533. The molecule has 98 valence electrons. The Bertz CT molecular complexity index is 441. The number of aliphatic hydroxyl groups is 1. The molecule has 5 heteroatoms. The number of hydrogen-bond acceptors (Lipinski definition) is 5. The summed E-state index contributed by atoms with van der Waals surface area (Å²) in [6.45, 7) is 4.28. The molecular formula is C13H19N3O2. The Labute approximate surface area is 107 Å². The van der Waals surface area contributed by atoms with Gasteiger partial charge in [-0.1, -0.05) is 0 Å². The summed E-state index contributed by atoms with van der Waals surface area (Å²) in [5, 5.41) is 21.5. The molecule has 0 bridgehead atoms. The number of aryl methyl sites for hydroxylation is 2. The molecule has 5 nitrogen and oxygen atoms in total. The third-order valence-electron chi connectivity index (χ3n) is 2.69. The molecule has 0 aliphatic heterocycles. The maximum atomic E-state index is 9.29. The number of ether oxygens (including phenoxy) is 1. The molecule has 1 aromatic rings. The molecule has 18 heavy (non-hydrogen) atoms. The first-order valence-electron chi connectivity index (χ1n) is 5.87. The Hall–Kier alpha value is -1.64.